The lowest BCUT2D eigenvalue weighted by Crippen LogP contribution is -2.41. The third-order valence-corrected chi connectivity index (χ3v) is 3.13. The summed E-state index contributed by atoms with van der Waals surface area (Å²) < 4.78 is 0. The zero-order chi connectivity index (χ0) is 13.7. The Morgan fingerprint density at radius 3 is 2.47 bits per heavy atom. The van der Waals surface area contributed by atoms with Gasteiger partial charge in [0.05, 0.1) is 5.92 Å². The minimum atomic E-state index is -0.197. The predicted molar refractivity (Wildman–Crippen MR) is 82.9 cm³/mol. The lowest BCUT2D eigenvalue weighted by Gasteiger charge is -2.23. The Balaban J connectivity index is 0.00000324. The fraction of sp³-hybridized carbons (Fsp3) is 0.500. The molecule has 0 fully saturated rings. The minimum absolute atomic E-state index is 0. The van der Waals surface area contributed by atoms with E-state index in [1.807, 2.05) is 45.0 Å². The van der Waals surface area contributed by atoms with E-state index in [-0.39, 0.29) is 36.2 Å². The van der Waals surface area contributed by atoms with E-state index in [0.29, 0.717) is 11.6 Å². The van der Waals surface area contributed by atoms with Gasteiger partial charge in [-0.1, -0.05) is 37.6 Å². The normalized spacial score (nSPS) is 13.6. The largest absolute Gasteiger partial charge is 0.352 e. The van der Waals surface area contributed by atoms with Crippen LogP contribution >= 0.6 is 24.0 Å². The number of nitrogens with one attached hydrogen (secondary N) is 1. The van der Waals surface area contributed by atoms with E-state index in [1.165, 1.54) is 0 Å². The number of halogens is 2. The monoisotopic (exact) mass is 304 g/mol. The second kappa shape index (κ2) is 8.41. The lowest BCUT2D eigenvalue weighted by molar-refractivity contribution is -0.124. The van der Waals surface area contributed by atoms with Gasteiger partial charge in [0.25, 0.3) is 0 Å². The first-order chi connectivity index (χ1) is 8.45. The molecule has 0 aliphatic rings. The van der Waals surface area contributed by atoms with E-state index in [2.05, 4.69) is 5.32 Å². The highest BCUT2D eigenvalue weighted by molar-refractivity contribution is 6.30. The SMILES string of the molecule is CC(C)C(C(=O)N[C@@H](C)CN)c1cccc(Cl)c1.Cl. The van der Waals surface area contributed by atoms with Crippen molar-refractivity contribution >= 4 is 29.9 Å². The van der Waals surface area contributed by atoms with Crippen LogP contribution in [0.2, 0.25) is 5.02 Å². The summed E-state index contributed by atoms with van der Waals surface area (Å²) in [7, 11) is 0. The molecule has 1 amide bonds. The van der Waals surface area contributed by atoms with E-state index < -0.39 is 0 Å². The number of amides is 1. The second-order valence-corrected chi connectivity index (χ2v) is 5.36. The summed E-state index contributed by atoms with van der Waals surface area (Å²) in [5, 5.41) is 3.57. The average Bonchev–Trinajstić information content (AvgIpc) is 2.28. The van der Waals surface area contributed by atoms with Crippen molar-refractivity contribution in [2.24, 2.45) is 11.7 Å². The van der Waals surface area contributed by atoms with Crippen LogP contribution in [0.25, 0.3) is 0 Å². The van der Waals surface area contributed by atoms with Crippen LogP contribution in [0, 0.1) is 5.92 Å². The predicted octanol–water partition coefficient (Wildman–Crippen LogP) is 2.96. The van der Waals surface area contributed by atoms with Crippen LogP contribution in [0.5, 0.6) is 0 Å². The zero-order valence-electron chi connectivity index (χ0n) is 11.5. The van der Waals surface area contributed by atoms with Crippen molar-refractivity contribution in [3.63, 3.8) is 0 Å². The van der Waals surface area contributed by atoms with Gasteiger partial charge in [-0.3, -0.25) is 4.79 Å². The van der Waals surface area contributed by atoms with Gasteiger partial charge in [-0.25, -0.2) is 0 Å². The van der Waals surface area contributed by atoms with Crippen molar-refractivity contribution < 1.29 is 4.79 Å². The molecule has 1 aromatic rings. The molecule has 0 heterocycles. The van der Waals surface area contributed by atoms with Gasteiger partial charge in [-0.05, 0) is 30.5 Å². The molecule has 0 aromatic heterocycles. The number of nitrogens with two attached hydrogens (primary N) is 1. The van der Waals surface area contributed by atoms with Crippen LogP contribution in [-0.2, 0) is 4.79 Å². The Morgan fingerprint density at radius 1 is 1.37 bits per heavy atom. The van der Waals surface area contributed by atoms with Crippen molar-refractivity contribution in [1.29, 1.82) is 0 Å². The Kier molecular flexibility index (Phi) is 8.07. The Morgan fingerprint density at radius 2 is 2.00 bits per heavy atom. The third kappa shape index (κ3) is 5.39. The number of hydrogen-bond donors (Lipinski definition) is 2. The standard InChI is InChI=1S/C14H21ClN2O.ClH/c1-9(2)13(14(18)17-10(3)8-16)11-5-4-6-12(15)7-11;/h4-7,9-10,13H,8,16H2,1-3H3,(H,17,18);1H/t10-,13?;/m0./s1. The molecular formula is C14H22Cl2N2O. The van der Waals surface area contributed by atoms with Crippen LogP contribution in [-0.4, -0.2) is 18.5 Å². The molecule has 0 aliphatic heterocycles. The van der Waals surface area contributed by atoms with Gasteiger partial charge in [0.2, 0.25) is 5.91 Å². The molecule has 0 bridgehead atoms. The Hall–Kier alpha value is -0.770. The maximum atomic E-state index is 12.3. The molecule has 3 nitrogen and oxygen atoms in total. The van der Waals surface area contributed by atoms with Gasteiger partial charge in [0.1, 0.15) is 0 Å². The quantitative estimate of drug-likeness (QED) is 0.878. The molecule has 0 saturated heterocycles. The van der Waals surface area contributed by atoms with Gasteiger partial charge in [-0.15, -0.1) is 12.4 Å². The van der Waals surface area contributed by atoms with Crippen LogP contribution < -0.4 is 11.1 Å². The Bertz CT molecular complexity index is 410. The van der Waals surface area contributed by atoms with E-state index in [9.17, 15) is 4.79 Å². The number of carbonyl (C=O) groups is 1. The van der Waals surface area contributed by atoms with Crippen molar-refractivity contribution in [2.45, 2.75) is 32.7 Å². The van der Waals surface area contributed by atoms with E-state index >= 15 is 0 Å². The highest BCUT2D eigenvalue weighted by Gasteiger charge is 2.25. The smallest absolute Gasteiger partial charge is 0.228 e. The summed E-state index contributed by atoms with van der Waals surface area (Å²) in [6, 6.07) is 7.44. The number of carbonyl (C=O) groups excluding carboxylic acids is 1. The van der Waals surface area contributed by atoms with Crippen LogP contribution in [0.15, 0.2) is 24.3 Å². The first-order valence-corrected chi connectivity index (χ1v) is 6.59. The summed E-state index contributed by atoms with van der Waals surface area (Å²) in [5.41, 5.74) is 6.47. The average molecular weight is 305 g/mol. The van der Waals surface area contributed by atoms with E-state index in [4.69, 9.17) is 17.3 Å². The fourth-order valence-electron chi connectivity index (χ4n) is 1.93. The Labute approximate surface area is 126 Å². The maximum absolute atomic E-state index is 12.3. The summed E-state index contributed by atoms with van der Waals surface area (Å²) in [4.78, 5) is 12.3. The van der Waals surface area contributed by atoms with Crippen molar-refractivity contribution in [3.05, 3.63) is 34.9 Å². The molecule has 1 rings (SSSR count). The summed E-state index contributed by atoms with van der Waals surface area (Å²) in [6.45, 7) is 6.38. The highest BCUT2D eigenvalue weighted by Crippen LogP contribution is 2.26. The molecule has 108 valence electrons. The van der Waals surface area contributed by atoms with Crippen LogP contribution in [0.1, 0.15) is 32.3 Å². The van der Waals surface area contributed by atoms with Crippen molar-refractivity contribution in [2.75, 3.05) is 6.54 Å². The first kappa shape index (κ1) is 18.2. The molecule has 0 spiro atoms. The zero-order valence-corrected chi connectivity index (χ0v) is 13.1. The lowest BCUT2D eigenvalue weighted by atomic mass is 9.87. The van der Waals surface area contributed by atoms with E-state index in [0.717, 1.165) is 5.56 Å². The number of hydrogen-bond acceptors (Lipinski definition) is 2. The molecule has 0 aliphatic carbocycles. The molecule has 3 N–H and O–H groups in total. The van der Waals surface area contributed by atoms with Crippen molar-refractivity contribution in [1.82, 2.24) is 5.32 Å². The molecule has 19 heavy (non-hydrogen) atoms. The molecule has 1 unspecified atom stereocenters. The van der Waals surface area contributed by atoms with Gasteiger partial charge in [-0.2, -0.15) is 0 Å². The fourth-order valence-corrected chi connectivity index (χ4v) is 2.13. The molecule has 0 radical (unpaired) electrons. The summed E-state index contributed by atoms with van der Waals surface area (Å²) in [6.07, 6.45) is 0. The maximum Gasteiger partial charge on any atom is 0.228 e. The van der Waals surface area contributed by atoms with Gasteiger partial charge < -0.3 is 11.1 Å². The van der Waals surface area contributed by atoms with Crippen LogP contribution in [0.4, 0.5) is 0 Å². The highest BCUT2D eigenvalue weighted by atomic mass is 35.5. The minimum Gasteiger partial charge on any atom is -0.352 e. The topological polar surface area (TPSA) is 55.1 Å². The van der Waals surface area contributed by atoms with Crippen LogP contribution in [0.3, 0.4) is 0 Å². The summed E-state index contributed by atoms with van der Waals surface area (Å²) in [5.74, 6) is 0.0105. The first-order valence-electron chi connectivity index (χ1n) is 6.21. The van der Waals surface area contributed by atoms with Gasteiger partial charge in [0.15, 0.2) is 0 Å². The number of benzene rings is 1. The third-order valence-electron chi connectivity index (χ3n) is 2.90. The van der Waals surface area contributed by atoms with Crippen molar-refractivity contribution in [3.8, 4) is 0 Å². The van der Waals surface area contributed by atoms with Gasteiger partial charge >= 0.3 is 0 Å². The summed E-state index contributed by atoms with van der Waals surface area (Å²) >= 11 is 5.98. The molecule has 1 aromatic carbocycles. The number of rotatable bonds is 5. The van der Waals surface area contributed by atoms with E-state index in [1.54, 1.807) is 0 Å². The molecule has 0 saturated carbocycles. The van der Waals surface area contributed by atoms with Gasteiger partial charge in [0, 0.05) is 17.6 Å². The molecule has 5 heteroatoms. The molecule has 2 atom stereocenters. The molecular weight excluding hydrogens is 283 g/mol. The second-order valence-electron chi connectivity index (χ2n) is 4.92.